The average molecular weight is 429 g/mol. The van der Waals surface area contributed by atoms with Crippen LogP contribution in [0.4, 0.5) is 0 Å². The van der Waals surface area contributed by atoms with Gasteiger partial charge in [0.25, 0.3) is 0 Å². The van der Waals surface area contributed by atoms with E-state index in [1.165, 1.54) is 14.2 Å². The van der Waals surface area contributed by atoms with E-state index < -0.39 is 11.9 Å². The van der Waals surface area contributed by atoms with Crippen molar-refractivity contribution in [1.82, 2.24) is 0 Å². The largest absolute Gasteiger partial charge is 0.496 e. The zero-order valence-corrected chi connectivity index (χ0v) is 20.4. The number of Topliss-reactive ketones (excluding diaryl/α,β-unsaturated/α-hetero) is 1. The van der Waals surface area contributed by atoms with E-state index in [0.717, 1.165) is 6.42 Å². The van der Waals surface area contributed by atoms with Crippen LogP contribution >= 0.6 is 9.12 Å². The average Bonchev–Trinajstić information content (AvgIpc) is 2.64. The number of ether oxygens (including phenoxy) is 3. The van der Waals surface area contributed by atoms with E-state index in [-0.39, 0.29) is 28.8 Å². The van der Waals surface area contributed by atoms with Crippen molar-refractivity contribution >= 4 is 20.9 Å². The summed E-state index contributed by atoms with van der Waals surface area (Å²) in [5, 5.41) is 0. The van der Waals surface area contributed by atoms with Crippen molar-refractivity contribution in [3.63, 3.8) is 0 Å². The molecule has 0 radical (unpaired) electrons. The first-order chi connectivity index (χ1) is 13.5. The highest BCUT2D eigenvalue weighted by Crippen LogP contribution is 2.35. The van der Waals surface area contributed by atoms with Gasteiger partial charge in [0.05, 0.1) is 29.4 Å². The lowest BCUT2D eigenvalue weighted by molar-refractivity contribution is -0.151. The zero-order chi connectivity index (χ0) is 22.8. The van der Waals surface area contributed by atoms with Crippen molar-refractivity contribution in [3.8, 4) is 11.5 Å². The van der Waals surface area contributed by atoms with Gasteiger partial charge < -0.3 is 18.8 Å². The van der Waals surface area contributed by atoms with Crippen molar-refractivity contribution in [3.05, 3.63) is 23.8 Å². The first kappa shape index (κ1) is 27.2. The van der Waals surface area contributed by atoms with Crippen LogP contribution in [0.2, 0.25) is 0 Å². The summed E-state index contributed by atoms with van der Waals surface area (Å²) in [6.45, 7) is 12.1. The highest BCUT2D eigenvalue weighted by atomic mass is 31.0. The third-order valence-corrected chi connectivity index (χ3v) is 4.23. The molecule has 0 saturated heterocycles. The van der Waals surface area contributed by atoms with Crippen LogP contribution < -0.4 is 9.47 Å². The summed E-state index contributed by atoms with van der Waals surface area (Å²) in [5.74, 6) is -0.746. The molecule has 0 aliphatic carbocycles. The van der Waals surface area contributed by atoms with Crippen LogP contribution in [0.25, 0.3) is 0 Å². The highest BCUT2D eigenvalue weighted by Gasteiger charge is 2.35. The molecule has 0 N–H and O–H groups in total. The fraction of sp³-hybridized carbons (Fsp3) is 0.636. The van der Waals surface area contributed by atoms with E-state index in [9.17, 15) is 9.59 Å². The standard InChI is InChI=1S/C22H34O5.H3OP/c1-14(2)27-21(24)16(12-15(3)13-22(4,5)6)20(23)19-17(25-7)10-9-11-18(19)26-8;1-2/h9-11,14-16H,12-13H2,1-8H3;2H3. The van der Waals surface area contributed by atoms with Gasteiger partial charge in [-0.3, -0.25) is 9.59 Å². The molecule has 0 saturated carbocycles. The molecule has 1 rings (SSSR count). The van der Waals surface area contributed by atoms with Gasteiger partial charge in [-0.2, -0.15) is 0 Å². The number of methoxy groups -OCH3 is 2. The second-order valence-electron chi connectivity index (χ2n) is 8.55. The fourth-order valence-electron chi connectivity index (χ4n) is 3.42. The third kappa shape index (κ3) is 9.03. The summed E-state index contributed by atoms with van der Waals surface area (Å²) in [4.78, 5) is 26.1. The minimum absolute atomic E-state index is 0.108. The maximum Gasteiger partial charge on any atom is 0.317 e. The van der Waals surface area contributed by atoms with Crippen molar-refractivity contribution in [2.24, 2.45) is 17.3 Å². The number of rotatable bonds is 9. The predicted molar refractivity (Wildman–Crippen MR) is 118 cm³/mol. The SMILES string of the molecule is COc1cccc(OC)c1C(=O)C(CC(C)CC(C)(C)C)C(=O)OC(C)C.O=[PH3]. The first-order valence-electron chi connectivity index (χ1n) is 9.74. The maximum absolute atomic E-state index is 13.4. The van der Waals surface area contributed by atoms with Gasteiger partial charge in [-0.05, 0) is 50.2 Å². The second-order valence-corrected chi connectivity index (χ2v) is 8.55. The van der Waals surface area contributed by atoms with Gasteiger partial charge in [-0.1, -0.05) is 33.8 Å². The van der Waals surface area contributed by atoms with E-state index in [2.05, 4.69) is 27.7 Å². The number of carbonyl (C=O) groups excluding carboxylic acids is 2. The Kier molecular flexibility index (Phi) is 11.9. The number of esters is 1. The summed E-state index contributed by atoms with van der Waals surface area (Å²) in [7, 11) is 3.60. The minimum atomic E-state index is -0.894. The van der Waals surface area contributed by atoms with E-state index in [4.69, 9.17) is 18.8 Å². The Morgan fingerprint density at radius 1 is 1.00 bits per heavy atom. The van der Waals surface area contributed by atoms with E-state index in [1.807, 2.05) is 0 Å². The normalized spacial score (nSPS) is 13.1. The third-order valence-electron chi connectivity index (χ3n) is 4.23. The van der Waals surface area contributed by atoms with Crippen molar-refractivity contribution < 1.29 is 28.4 Å². The quantitative estimate of drug-likeness (QED) is 0.242. The maximum atomic E-state index is 13.4. The van der Waals surface area contributed by atoms with Gasteiger partial charge >= 0.3 is 5.97 Å². The van der Waals surface area contributed by atoms with Gasteiger partial charge in [0.2, 0.25) is 0 Å². The van der Waals surface area contributed by atoms with E-state index in [0.29, 0.717) is 27.0 Å². The van der Waals surface area contributed by atoms with Crippen molar-refractivity contribution in [1.29, 1.82) is 0 Å². The zero-order valence-electron chi connectivity index (χ0n) is 19.0. The fourth-order valence-corrected chi connectivity index (χ4v) is 3.42. The molecular weight excluding hydrogens is 391 g/mol. The molecule has 3 atom stereocenters. The molecule has 166 valence electrons. The molecule has 7 heteroatoms. The molecule has 29 heavy (non-hydrogen) atoms. The van der Waals surface area contributed by atoms with Crippen LogP contribution in [0, 0.1) is 17.3 Å². The Morgan fingerprint density at radius 3 is 1.86 bits per heavy atom. The molecule has 3 unspecified atom stereocenters. The molecule has 0 spiro atoms. The lowest BCUT2D eigenvalue weighted by atomic mass is 9.80. The van der Waals surface area contributed by atoms with Crippen LogP contribution in [0.3, 0.4) is 0 Å². The molecule has 0 amide bonds. The summed E-state index contributed by atoms with van der Waals surface area (Å²) in [5.41, 5.74) is 0.396. The molecule has 1 aromatic carbocycles. The molecule has 0 aromatic heterocycles. The number of carbonyl (C=O) groups is 2. The Balaban J connectivity index is 0.00000379. The van der Waals surface area contributed by atoms with E-state index in [1.54, 1.807) is 32.0 Å². The monoisotopic (exact) mass is 428 g/mol. The van der Waals surface area contributed by atoms with Gasteiger partial charge in [0.15, 0.2) is 5.78 Å². The lowest BCUT2D eigenvalue weighted by Crippen LogP contribution is -2.31. The minimum Gasteiger partial charge on any atom is -0.496 e. The molecule has 1 aromatic rings. The molecule has 6 nitrogen and oxygen atoms in total. The number of hydrogen-bond donors (Lipinski definition) is 0. The number of benzene rings is 1. The highest BCUT2D eigenvalue weighted by molar-refractivity contribution is 7.00. The van der Waals surface area contributed by atoms with Gasteiger partial charge in [-0.25, -0.2) is 0 Å². The van der Waals surface area contributed by atoms with Crippen molar-refractivity contribution in [2.75, 3.05) is 14.2 Å². The summed E-state index contributed by atoms with van der Waals surface area (Å²) < 4.78 is 24.4. The number of hydrogen-bond acceptors (Lipinski definition) is 6. The van der Waals surface area contributed by atoms with Gasteiger partial charge in [0, 0.05) is 0 Å². The summed E-state index contributed by atoms with van der Waals surface area (Å²) in [6, 6.07) is 5.14. The first-order valence-corrected chi connectivity index (χ1v) is 10.3. The molecule has 0 bridgehead atoms. The molecule has 0 heterocycles. The van der Waals surface area contributed by atoms with Crippen LogP contribution in [-0.2, 0) is 14.1 Å². The molecular formula is C22H37O6P. The summed E-state index contributed by atoms with van der Waals surface area (Å²) in [6.07, 6.45) is 1.03. The topological polar surface area (TPSA) is 78.9 Å². The smallest absolute Gasteiger partial charge is 0.317 e. The molecule has 0 aliphatic rings. The lowest BCUT2D eigenvalue weighted by Gasteiger charge is -2.26. The van der Waals surface area contributed by atoms with Crippen LogP contribution in [0.5, 0.6) is 11.5 Å². The van der Waals surface area contributed by atoms with Crippen molar-refractivity contribution in [2.45, 2.75) is 60.5 Å². The van der Waals surface area contributed by atoms with Gasteiger partial charge in [0.1, 0.15) is 23.0 Å². The Hall–Kier alpha value is -1.81. The van der Waals surface area contributed by atoms with Gasteiger partial charge in [-0.15, -0.1) is 0 Å². The Labute approximate surface area is 176 Å². The number of ketones is 1. The van der Waals surface area contributed by atoms with E-state index >= 15 is 0 Å². The molecule has 0 aliphatic heterocycles. The van der Waals surface area contributed by atoms with Crippen LogP contribution in [0.15, 0.2) is 18.2 Å². The van der Waals surface area contributed by atoms with Crippen LogP contribution in [0.1, 0.15) is 64.7 Å². The van der Waals surface area contributed by atoms with Crippen LogP contribution in [-0.4, -0.2) is 32.1 Å². The molecule has 0 fully saturated rings. The second kappa shape index (κ2) is 12.7. The predicted octanol–water partition coefficient (Wildman–Crippen LogP) is 4.86. The Morgan fingerprint density at radius 2 is 1.48 bits per heavy atom. The Bertz CT molecular complexity index is 644. The summed E-state index contributed by atoms with van der Waals surface area (Å²) >= 11 is 0.